The third-order valence-corrected chi connectivity index (χ3v) is 2.87. The van der Waals surface area contributed by atoms with E-state index < -0.39 is 0 Å². The van der Waals surface area contributed by atoms with E-state index in [0.717, 1.165) is 12.8 Å². The number of hydrogen-bond acceptors (Lipinski definition) is 2. The number of carbonyl (C=O) groups is 2. The zero-order valence-electron chi connectivity index (χ0n) is 7.99. The van der Waals surface area contributed by atoms with Crippen LogP contribution in [0.1, 0.15) is 19.8 Å². The topological polar surface area (TPSA) is 40.6 Å². The van der Waals surface area contributed by atoms with Gasteiger partial charge in [0, 0.05) is 13.6 Å². The van der Waals surface area contributed by atoms with Crippen LogP contribution in [0.4, 0.5) is 4.79 Å². The first-order valence-corrected chi connectivity index (χ1v) is 4.69. The van der Waals surface area contributed by atoms with Gasteiger partial charge in [-0.2, -0.15) is 0 Å². The van der Waals surface area contributed by atoms with E-state index >= 15 is 0 Å². The number of amides is 3. The molecule has 0 spiro atoms. The predicted octanol–water partition coefficient (Wildman–Crippen LogP) is 0.679. The quantitative estimate of drug-likeness (QED) is 0.589. The van der Waals surface area contributed by atoms with Gasteiger partial charge in [0.25, 0.3) is 5.91 Å². The minimum absolute atomic E-state index is 0.0422. The number of imide groups is 1. The summed E-state index contributed by atoms with van der Waals surface area (Å²) in [5.41, 5.74) is 0. The molecule has 13 heavy (non-hydrogen) atoms. The van der Waals surface area contributed by atoms with Crippen LogP contribution in [0.25, 0.3) is 0 Å². The Labute approximate surface area is 77.5 Å². The van der Waals surface area contributed by atoms with E-state index in [2.05, 4.69) is 0 Å². The van der Waals surface area contributed by atoms with Gasteiger partial charge >= 0.3 is 6.03 Å². The van der Waals surface area contributed by atoms with E-state index in [-0.39, 0.29) is 18.0 Å². The highest BCUT2D eigenvalue weighted by molar-refractivity contribution is 6.03. The molecule has 1 aliphatic heterocycles. The molecule has 2 fully saturated rings. The average molecular weight is 182 g/mol. The zero-order chi connectivity index (χ0) is 9.59. The monoisotopic (exact) mass is 182 g/mol. The Morgan fingerprint density at radius 1 is 1.38 bits per heavy atom. The molecule has 1 atom stereocenters. The van der Waals surface area contributed by atoms with E-state index in [1.165, 1.54) is 9.80 Å². The Morgan fingerprint density at radius 2 is 2.00 bits per heavy atom. The average Bonchev–Trinajstić information content (AvgIpc) is 2.89. The molecule has 0 aromatic heterocycles. The fraction of sp³-hybridized carbons (Fsp3) is 0.778. The summed E-state index contributed by atoms with van der Waals surface area (Å²) in [5.74, 6) is 0.533. The van der Waals surface area contributed by atoms with E-state index in [9.17, 15) is 9.59 Å². The molecule has 1 saturated heterocycles. The van der Waals surface area contributed by atoms with Crippen LogP contribution in [0, 0.1) is 5.92 Å². The second-order valence-corrected chi connectivity index (χ2v) is 3.96. The van der Waals surface area contributed by atoms with Crippen LogP contribution in [0.3, 0.4) is 0 Å². The fourth-order valence-electron chi connectivity index (χ4n) is 1.57. The van der Waals surface area contributed by atoms with Crippen LogP contribution in [-0.4, -0.2) is 41.4 Å². The van der Waals surface area contributed by atoms with Gasteiger partial charge in [-0.05, 0) is 25.7 Å². The molecular formula is C9H14N2O2. The Bertz CT molecular complexity index is 240. The van der Waals surface area contributed by atoms with Gasteiger partial charge in [-0.15, -0.1) is 0 Å². The smallest absolute Gasteiger partial charge is 0.316 e. The van der Waals surface area contributed by atoms with Gasteiger partial charge in [0.2, 0.25) is 0 Å². The molecule has 1 saturated carbocycles. The molecular weight excluding hydrogens is 168 g/mol. The number of carbonyl (C=O) groups excluding carboxylic acids is 2. The number of urea groups is 1. The van der Waals surface area contributed by atoms with Crippen molar-refractivity contribution in [2.75, 3.05) is 13.6 Å². The first kappa shape index (κ1) is 8.53. The van der Waals surface area contributed by atoms with Crippen molar-refractivity contribution in [3.8, 4) is 0 Å². The summed E-state index contributed by atoms with van der Waals surface area (Å²) in [7, 11) is 1.68. The zero-order valence-corrected chi connectivity index (χ0v) is 7.99. The highest BCUT2D eigenvalue weighted by Gasteiger charge is 2.42. The minimum atomic E-state index is -0.272. The molecule has 1 heterocycles. The summed E-state index contributed by atoms with van der Waals surface area (Å²) in [6, 6.07) is -0.407. The lowest BCUT2D eigenvalue weighted by molar-refractivity contribution is -0.127. The number of hydrogen-bond donors (Lipinski definition) is 0. The molecule has 0 aromatic rings. The highest BCUT2D eigenvalue weighted by Crippen LogP contribution is 2.31. The number of likely N-dealkylation sites (N-methyl/N-ethyl adjacent to an activating group) is 1. The van der Waals surface area contributed by atoms with Crippen molar-refractivity contribution in [3.05, 3.63) is 0 Å². The maximum Gasteiger partial charge on any atom is 0.327 e. The summed E-state index contributed by atoms with van der Waals surface area (Å²) in [4.78, 5) is 26.0. The van der Waals surface area contributed by atoms with Gasteiger partial charge in [-0.1, -0.05) is 0 Å². The summed E-state index contributed by atoms with van der Waals surface area (Å²) in [5, 5.41) is 0. The number of nitrogens with zero attached hydrogens (tertiary/aromatic N) is 2. The largest absolute Gasteiger partial charge is 0.327 e. The first-order chi connectivity index (χ1) is 6.11. The lowest BCUT2D eigenvalue weighted by Gasteiger charge is -2.12. The lowest BCUT2D eigenvalue weighted by Crippen LogP contribution is -2.33. The maximum absolute atomic E-state index is 11.6. The van der Waals surface area contributed by atoms with Crippen LogP contribution < -0.4 is 0 Å². The van der Waals surface area contributed by atoms with Crippen molar-refractivity contribution >= 4 is 11.9 Å². The molecule has 0 bridgehead atoms. The molecule has 2 aliphatic rings. The first-order valence-electron chi connectivity index (χ1n) is 4.69. The van der Waals surface area contributed by atoms with Crippen molar-refractivity contribution in [2.45, 2.75) is 25.8 Å². The van der Waals surface area contributed by atoms with Crippen LogP contribution in [0.5, 0.6) is 0 Å². The van der Waals surface area contributed by atoms with Crippen molar-refractivity contribution in [1.29, 1.82) is 0 Å². The second-order valence-electron chi connectivity index (χ2n) is 3.96. The summed E-state index contributed by atoms with van der Waals surface area (Å²) in [6.07, 6.45) is 2.32. The van der Waals surface area contributed by atoms with Crippen molar-refractivity contribution in [2.24, 2.45) is 5.92 Å². The van der Waals surface area contributed by atoms with Crippen molar-refractivity contribution < 1.29 is 9.59 Å². The van der Waals surface area contributed by atoms with Crippen LogP contribution in [-0.2, 0) is 4.79 Å². The Hall–Kier alpha value is -1.06. The van der Waals surface area contributed by atoms with Crippen LogP contribution in [0.15, 0.2) is 0 Å². The maximum atomic E-state index is 11.6. The van der Waals surface area contributed by atoms with Crippen molar-refractivity contribution in [3.63, 3.8) is 0 Å². The van der Waals surface area contributed by atoms with Gasteiger partial charge < -0.3 is 4.90 Å². The molecule has 0 aromatic carbocycles. The lowest BCUT2D eigenvalue weighted by atomic mass is 10.3. The molecule has 0 radical (unpaired) electrons. The third kappa shape index (κ3) is 1.30. The minimum Gasteiger partial charge on any atom is -0.316 e. The molecule has 4 heteroatoms. The van der Waals surface area contributed by atoms with E-state index in [0.29, 0.717) is 12.5 Å². The molecule has 4 nitrogen and oxygen atoms in total. The highest BCUT2D eigenvalue weighted by atomic mass is 16.2. The Morgan fingerprint density at radius 3 is 2.38 bits per heavy atom. The molecule has 72 valence electrons. The molecule has 0 N–H and O–H groups in total. The SMILES string of the molecule is CC1C(=O)N(CC2CC2)C(=O)N1C. The van der Waals surface area contributed by atoms with Gasteiger partial charge in [-0.3, -0.25) is 9.69 Å². The molecule has 3 amide bonds. The van der Waals surface area contributed by atoms with Gasteiger partial charge in [0.05, 0.1) is 0 Å². The summed E-state index contributed by atoms with van der Waals surface area (Å²) < 4.78 is 0. The van der Waals surface area contributed by atoms with E-state index in [4.69, 9.17) is 0 Å². The normalized spacial score (nSPS) is 28.9. The third-order valence-electron chi connectivity index (χ3n) is 2.87. The van der Waals surface area contributed by atoms with Crippen molar-refractivity contribution in [1.82, 2.24) is 9.80 Å². The van der Waals surface area contributed by atoms with Gasteiger partial charge in [0.1, 0.15) is 6.04 Å². The molecule has 1 aliphatic carbocycles. The molecule has 1 unspecified atom stereocenters. The number of rotatable bonds is 2. The van der Waals surface area contributed by atoms with Gasteiger partial charge in [-0.25, -0.2) is 4.79 Å². The van der Waals surface area contributed by atoms with Gasteiger partial charge in [0.15, 0.2) is 0 Å². The van der Waals surface area contributed by atoms with E-state index in [1.807, 2.05) is 0 Å². The Kier molecular flexibility index (Phi) is 1.78. The second kappa shape index (κ2) is 2.72. The summed E-state index contributed by atoms with van der Waals surface area (Å²) in [6.45, 7) is 2.40. The summed E-state index contributed by atoms with van der Waals surface area (Å²) >= 11 is 0. The predicted molar refractivity (Wildman–Crippen MR) is 47.1 cm³/mol. The molecule has 2 rings (SSSR count). The standard InChI is InChI=1S/C9H14N2O2/c1-6-8(12)11(5-7-3-4-7)9(13)10(6)2/h6-7H,3-5H2,1-2H3. The van der Waals surface area contributed by atoms with Crippen LogP contribution in [0.2, 0.25) is 0 Å². The Balaban J connectivity index is 2.08. The van der Waals surface area contributed by atoms with E-state index in [1.54, 1.807) is 14.0 Å². The fourth-order valence-corrected chi connectivity index (χ4v) is 1.57. The van der Waals surface area contributed by atoms with Crippen LogP contribution >= 0.6 is 0 Å².